The fourth-order valence-electron chi connectivity index (χ4n) is 7.00. The van der Waals surface area contributed by atoms with Gasteiger partial charge in [0.05, 0.1) is 30.8 Å². The van der Waals surface area contributed by atoms with Crippen molar-refractivity contribution in [3.8, 4) is 22.9 Å². The summed E-state index contributed by atoms with van der Waals surface area (Å²) in [6.45, 7) is 9.52. The summed E-state index contributed by atoms with van der Waals surface area (Å²) < 4.78 is 39.7. The topological polar surface area (TPSA) is 169 Å². The third kappa shape index (κ3) is 8.04. The van der Waals surface area contributed by atoms with E-state index in [1.54, 1.807) is 30.3 Å². The molecule has 2 aliphatic carbocycles. The summed E-state index contributed by atoms with van der Waals surface area (Å²) in [6.07, 6.45) is 3.45. The first-order chi connectivity index (χ1) is 26.5. The Morgan fingerprint density at radius 1 is 1.09 bits per heavy atom. The van der Waals surface area contributed by atoms with E-state index in [0.29, 0.717) is 50.2 Å². The van der Waals surface area contributed by atoms with E-state index in [2.05, 4.69) is 26.9 Å². The minimum Gasteiger partial charge on any atom is -0.494 e. The molecule has 1 aliphatic heterocycles. The number of aromatic nitrogens is 2. The molecule has 2 saturated carbocycles. The van der Waals surface area contributed by atoms with Gasteiger partial charge in [-0.15, -0.1) is 17.9 Å². The van der Waals surface area contributed by atoms with E-state index in [1.165, 1.54) is 35.6 Å². The molecule has 0 spiro atoms. The second-order valence-corrected chi connectivity index (χ2v) is 19.2. The number of halogens is 2. The average Bonchev–Trinajstić information content (AvgIpc) is 4.04. The van der Waals surface area contributed by atoms with Gasteiger partial charge in [0.25, 0.3) is 5.91 Å². The third-order valence-corrected chi connectivity index (χ3v) is 13.5. The average molecular weight is 842 g/mol. The summed E-state index contributed by atoms with van der Waals surface area (Å²) in [5.74, 6) is -1.62. The number of rotatable bonds is 13. The molecule has 3 fully saturated rings. The lowest BCUT2D eigenvalue weighted by atomic mass is 9.85. The van der Waals surface area contributed by atoms with E-state index >= 15 is 0 Å². The highest BCUT2D eigenvalue weighted by Gasteiger charge is 2.62. The zero-order valence-electron chi connectivity index (χ0n) is 31.2. The number of nitrogens with one attached hydrogen (secondary N) is 3. The summed E-state index contributed by atoms with van der Waals surface area (Å²) in [6, 6.07) is 10.5. The van der Waals surface area contributed by atoms with Crippen LogP contribution in [-0.2, 0) is 24.4 Å². The molecule has 1 saturated heterocycles. The van der Waals surface area contributed by atoms with Crippen LogP contribution in [0.1, 0.15) is 46.5 Å². The van der Waals surface area contributed by atoms with Crippen molar-refractivity contribution < 1.29 is 32.3 Å². The van der Waals surface area contributed by atoms with Crippen LogP contribution in [-0.4, -0.2) is 83.6 Å². The van der Waals surface area contributed by atoms with E-state index in [0.717, 1.165) is 5.56 Å². The van der Waals surface area contributed by atoms with Crippen LogP contribution >= 0.6 is 34.5 Å². The molecule has 3 N–H and O–H groups in total. The van der Waals surface area contributed by atoms with Gasteiger partial charge in [-0.2, -0.15) is 0 Å². The van der Waals surface area contributed by atoms with Gasteiger partial charge in [-0.1, -0.05) is 62.2 Å². The minimum absolute atomic E-state index is 0.00498. The molecule has 3 amide bonds. The third-order valence-electron chi connectivity index (χ3n) is 10.4. The first-order valence-electron chi connectivity index (χ1n) is 18.1. The van der Waals surface area contributed by atoms with Gasteiger partial charge in [0.1, 0.15) is 29.5 Å². The number of anilines is 1. The summed E-state index contributed by atoms with van der Waals surface area (Å²) >= 11 is 13.8. The Morgan fingerprint density at radius 3 is 2.45 bits per heavy atom. The maximum absolute atomic E-state index is 14.8. The highest BCUT2D eigenvalue weighted by atomic mass is 35.5. The number of hydrogen-bond donors (Lipinski definition) is 3. The summed E-state index contributed by atoms with van der Waals surface area (Å²) in [4.78, 5) is 53.5. The molecule has 7 rings (SSSR count). The fraction of sp³-hybridized carbons (Fsp3) is 0.410. The molecule has 0 unspecified atom stereocenters. The van der Waals surface area contributed by atoms with Crippen LogP contribution in [0.4, 0.5) is 5.13 Å². The number of methoxy groups -OCH3 is 1. The van der Waals surface area contributed by atoms with Gasteiger partial charge < -0.3 is 25.0 Å². The van der Waals surface area contributed by atoms with Crippen LogP contribution in [0.3, 0.4) is 0 Å². The Kier molecular flexibility index (Phi) is 10.8. The Balaban J connectivity index is 1.19. The normalized spacial score (nSPS) is 22.6. The van der Waals surface area contributed by atoms with Gasteiger partial charge in [0.15, 0.2) is 5.13 Å². The van der Waals surface area contributed by atoms with Crippen LogP contribution in [0.5, 0.6) is 11.6 Å². The molecule has 296 valence electrons. The Morgan fingerprint density at radius 2 is 1.80 bits per heavy atom. The lowest BCUT2D eigenvalue weighted by Gasteiger charge is -2.35. The van der Waals surface area contributed by atoms with Gasteiger partial charge in [-0.05, 0) is 55.0 Å². The standard InChI is InChI=1S/C39H42Cl2N6O7S2/c1-6-22-17-39(22,36(50)46-56(51,52)26-12-13-26)45-33(48)30-16-25(54-34-28-15-24(41)11-14-27(28)31(53-5)18-42-34)19-47(30)35(49)32(38(2,3)4)44-37-43-29(20-55-37)21-7-9-23(40)10-8-21/h6-11,14-15,18,20,22,25-26,30,32H,1,12-13,16-17,19H2,2-5H3,(H,43,44)(H,45,48)(H,46,50)/t22-,25-,30+,32-,39-/m1/s1. The molecule has 17 heteroatoms. The highest BCUT2D eigenvalue weighted by molar-refractivity contribution is 7.91. The summed E-state index contributed by atoms with van der Waals surface area (Å²) in [7, 11) is -2.37. The number of ether oxygens (including phenoxy) is 2. The van der Waals surface area contributed by atoms with Crippen molar-refractivity contribution in [2.24, 2.45) is 11.3 Å². The van der Waals surface area contributed by atoms with Crippen molar-refractivity contribution in [3.05, 3.63) is 76.7 Å². The number of pyridine rings is 1. The number of carbonyl (C=O) groups excluding carboxylic acids is 3. The molecule has 3 aliphatic rings. The van der Waals surface area contributed by atoms with E-state index in [4.69, 9.17) is 37.7 Å². The minimum atomic E-state index is -3.90. The largest absolute Gasteiger partial charge is 0.494 e. The molecule has 56 heavy (non-hydrogen) atoms. The van der Waals surface area contributed by atoms with Crippen molar-refractivity contribution in [2.75, 3.05) is 19.0 Å². The van der Waals surface area contributed by atoms with Crippen molar-refractivity contribution in [1.82, 2.24) is 24.9 Å². The van der Waals surface area contributed by atoms with Gasteiger partial charge in [-0.25, -0.2) is 18.4 Å². The number of fused-ring (bicyclic) bond motifs is 1. The van der Waals surface area contributed by atoms with Gasteiger partial charge >= 0.3 is 0 Å². The molecule has 3 heterocycles. The molecule has 0 radical (unpaired) electrons. The Hall–Kier alpha value is -4.44. The maximum Gasteiger partial charge on any atom is 0.259 e. The first kappa shape index (κ1) is 39.8. The number of sulfonamides is 1. The summed E-state index contributed by atoms with van der Waals surface area (Å²) in [5.41, 5.74) is -0.653. The molecular formula is C39H42Cl2N6O7S2. The second-order valence-electron chi connectivity index (χ2n) is 15.5. The molecule has 2 aromatic heterocycles. The van der Waals surface area contributed by atoms with Crippen molar-refractivity contribution in [3.63, 3.8) is 0 Å². The molecule has 2 aromatic carbocycles. The monoisotopic (exact) mass is 840 g/mol. The van der Waals surface area contributed by atoms with Crippen LogP contribution in [0.25, 0.3) is 22.0 Å². The van der Waals surface area contributed by atoms with E-state index < -0.39 is 68.1 Å². The van der Waals surface area contributed by atoms with E-state index in [-0.39, 0.29) is 25.3 Å². The predicted molar refractivity (Wildman–Crippen MR) is 217 cm³/mol. The Labute approximate surface area is 339 Å². The molecular weight excluding hydrogens is 800 g/mol. The smallest absolute Gasteiger partial charge is 0.259 e. The SMILES string of the molecule is C=C[C@@H]1C[C@]1(NC(=O)[C@@H]1C[C@@H](Oc2ncc(OC)c3ccc(Cl)cc23)CN1C(=O)[C@@H](Nc1nc(-c2ccc(Cl)cc2)cs1)C(C)(C)C)C(=O)NS(=O)(=O)C1CC1. The number of likely N-dealkylation sites (tertiary alicyclic amines) is 1. The Bertz CT molecular complexity index is 2310. The molecule has 13 nitrogen and oxygen atoms in total. The van der Waals surface area contributed by atoms with Gasteiger partial charge in [0, 0.05) is 44.1 Å². The lowest BCUT2D eigenvalue weighted by Crippen LogP contribution is -2.58. The van der Waals surface area contributed by atoms with Crippen molar-refractivity contribution in [2.45, 2.75) is 75.4 Å². The zero-order valence-corrected chi connectivity index (χ0v) is 34.3. The molecule has 4 aromatic rings. The number of nitrogens with zero attached hydrogens (tertiary/aromatic N) is 3. The van der Waals surface area contributed by atoms with Crippen LogP contribution in [0.2, 0.25) is 10.0 Å². The number of benzene rings is 2. The number of hydrogen-bond acceptors (Lipinski definition) is 11. The summed E-state index contributed by atoms with van der Waals surface area (Å²) in [5, 5.41) is 10.3. The van der Waals surface area contributed by atoms with Gasteiger partial charge in [0.2, 0.25) is 27.7 Å². The fourth-order valence-corrected chi connectivity index (χ4v) is 9.42. The van der Waals surface area contributed by atoms with Crippen molar-refractivity contribution in [1.29, 1.82) is 0 Å². The van der Waals surface area contributed by atoms with Crippen LogP contribution in [0, 0.1) is 11.3 Å². The van der Waals surface area contributed by atoms with E-state index in [1.807, 2.05) is 38.3 Å². The van der Waals surface area contributed by atoms with Crippen LogP contribution < -0.4 is 24.8 Å². The van der Waals surface area contributed by atoms with E-state index in [9.17, 15) is 22.8 Å². The first-order valence-corrected chi connectivity index (χ1v) is 21.3. The molecule has 0 bridgehead atoms. The zero-order chi connectivity index (χ0) is 40.2. The quantitative estimate of drug-likeness (QED) is 0.132. The van der Waals surface area contributed by atoms with Crippen LogP contribution in [0.15, 0.2) is 66.7 Å². The maximum atomic E-state index is 14.8. The predicted octanol–water partition coefficient (Wildman–Crippen LogP) is 6.22. The number of thiazole rings is 1. The van der Waals surface area contributed by atoms with Gasteiger partial charge in [-0.3, -0.25) is 19.1 Å². The highest BCUT2D eigenvalue weighted by Crippen LogP contribution is 2.46. The second kappa shape index (κ2) is 15.1. The number of carbonyl (C=O) groups is 3. The van der Waals surface area contributed by atoms with Crippen molar-refractivity contribution >= 4 is 78.2 Å². The lowest BCUT2D eigenvalue weighted by molar-refractivity contribution is -0.141. The number of amides is 3. The molecule has 5 atom stereocenters.